The van der Waals surface area contributed by atoms with Gasteiger partial charge in [-0.3, -0.25) is 4.79 Å². The molecule has 0 aliphatic carbocycles. The van der Waals surface area contributed by atoms with Crippen molar-refractivity contribution in [2.75, 3.05) is 34.3 Å². The summed E-state index contributed by atoms with van der Waals surface area (Å²) in [5.41, 5.74) is 2.14. The zero-order chi connectivity index (χ0) is 22.1. The standard InChI is InChI=1S/C24H34N4O2/c1-18(19-11-8-7-9-12-19)27-23(25-16-22(29)28(4)5)26-17-24(2,3)20-13-10-14-21(15-20)30-6/h7-15,18H,16-17H2,1-6H3,(H2,25,26,27). The second-order valence-corrected chi connectivity index (χ2v) is 8.20. The van der Waals surface area contributed by atoms with E-state index in [1.54, 1.807) is 26.1 Å². The number of carbonyl (C=O) groups is 1. The van der Waals surface area contributed by atoms with Crippen LogP contribution in [-0.4, -0.2) is 51.1 Å². The zero-order valence-corrected chi connectivity index (χ0v) is 18.9. The summed E-state index contributed by atoms with van der Waals surface area (Å²) in [5, 5.41) is 6.84. The molecule has 6 nitrogen and oxygen atoms in total. The van der Waals surface area contributed by atoms with Crippen LogP contribution in [0.15, 0.2) is 59.6 Å². The van der Waals surface area contributed by atoms with Crippen molar-refractivity contribution in [1.82, 2.24) is 15.5 Å². The van der Waals surface area contributed by atoms with Gasteiger partial charge in [-0.25, -0.2) is 4.99 Å². The molecule has 0 heterocycles. The van der Waals surface area contributed by atoms with Crippen LogP contribution in [0.5, 0.6) is 5.75 Å². The van der Waals surface area contributed by atoms with E-state index in [9.17, 15) is 4.79 Å². The summed E-state index contributed by atoms with van der Waals surface area (Å²) < 4.78 is 5.37. The minimum absolute atomic E-state index is 0.0458. The highest BCUT2D eigenvalue weighted by molar-refractivity contribution is 5.85. The summed E-state index contributed by atoms with van der Waals surface area (Å²) in [6.07, 6.45) is 0. The Labute approximate surface area is 180 Å². The molecule has 0 aromatic heterocycles. The molecule has 2 N–H and O–H groups in total. The molecule has 1 unspecified atom stereocenters. The number of hydrogen-bond donors (Lipinski definition) is 2. The minimum atomic E-state index is -0.168. The van der Waals surface area contributed by atoms with E-state index in [4.69, 9.17) is 4.74 Å². The average molecular weight is 411 g/mol. The maximum Gasteiger partial charge on any atom is 0.243 e. The lowest BCUT2D eigenvalue weighted by Gasteiger charge is -2.28. The van der Waals surface area contributed by atoms with Crippen molar-refractivity contribution in [3.8, 4) is 5.75 Å². The van der Waals surface area contributed by atoms with Gasteiger partial charge in [0.15, 0.2) is 5.96 Å². The molecule has 0 aliphatic heterocycles. The third-order valence-electron chi connectivity index (χ3n) is 5.07. The fourth-order valence-electron chi connectivity index (χ4n) is 2.92. The summed E-state index contributed by atoms with van der Waals surface area (Å²) in [6.45, 7) is 7.14. The van der Waals surface area contributed by atoms with E-state index in [1.165, 1.54) is 0 Å². The van der Waals surface area contributed by atoms with Gasteiger partial charge in [-0.2, -0.15) is 0 Å². The molecule has 2 aromatic rings. The summed E-state index contributed by atoms with van der Waals surface area (Å²) in [7, 11) is 5.14. The van der Waals surface area contributed by atoms with E-state index >= 15 is 0 Å². The van der Waals surface area contributed by atoms with Gasteiger partial charge in [0.1, 0.15) is 12.3 Å². The molecular weight excluding hydrogens is 376 g/mol. The van der Waals surface area contributed by atoms with Gasteiger partial charge in [-0.05, 0) is 30.2 Å². The predicted molar refractivity (Wildman–Crippen MR) is 123 cm³/mol. The lowest BCUT2D eigenvalue weighted by molar-refractivity contribution is -0.127. The van der Waals surface area contributed by atoms with Crippen molar-refractivity contribution < 1.29 is 9.53 Å². The van der Waals surface area contributed by atoms with Crippen molar-refractivity contribution in [1.29, 1.82) is 0 Å². The Morgan fingerprint density at radius 3 is 2.47 bits per heavy atom. The Bertz CT molecular complexity index is 847. The molecule has 1 amide bonds. The van der Waals surface area contributed by atoms with Crippen LogP contribution >= 0.6 is 0 Å². The molecule has 0 bridgehead atoms. The van der Waals surface area contributed by atoms with Crippen molar-refractivity contribution >= 4 is 11.9 Å². The molecule has 0 aliphatic rings. The normalized spacial score (nSPS) is 12.8. The maximum atomic E-state index is 12.0. The fraction of sp³-hybridized carbons (Fsp3) is 0.417. The second kappa shape index (κ2) is 10.7. The molecule has 0 saturated carbocycles. The Balaban J connectivity index is 2.15. The van der Waals surface area contributed by atoms with E-state index < -0.39 is 0 Å². The predicted octanol–water partition coefficient (Wildman–Crippen LogP) is 3.36. The van der Waals surface area contributed by atoms with Crippen LogP contribution in [0.25, 0.3) is 0 Å². The molecule has 1 atom stereocenters. The fourth-order valence-corrected chi connectivity index (χ4v) is 2.92. The third-order valence-corrected chi connectivity index (χ3v) is 5.07. The molecule has 0 radical (unpaired) electrons. The van der Waals surface area contributed by atoms with Crippen LogP contribution < -0.4 is 15.4 Å². The highest BCUT2D eigenvalue weighted by Gasteiger charge is 2.22. The number of ether oxygens (including phenoxy) is 1. The molecule has 2 aromatic carbocycles. The molecule has 162 valence electrons. The first-order valence-corrected chi connectivity index (χ1v) is 10.2. The smallest absolute Gasteiger partial charge is 0.243 e. The molecule has 6 heteroatoms. The van der Waals surface area contributed by atoms with Crippen molar-refractivity contribution in [2.24, 2.45) is 4.99 Å². The average Bonchev–Trinajstić information content (AvgIpc) is 2.75. The number of methoxy groups -OCH3 is 1. The number of aliphatic imine (C=N–C) groups is 1. The monoisotopic (exact) mass is 410 g/mol. The van der Waals surface area contributed by atoms with Gasteiger partial charge in [0.25, 0.3) is 0 Å². The molecule has 2 rings (SSSR count). The lowest BCUT2D eigenvalue weighted by Crippen LogP contribution is -2.44. The number of nitrogens with zero attached hydrogens (tertiary/aromatic N) is 2. The molecule has 0 saturated heterocycles. The van der Waals surface area contributed by atoms with Crippen molar-refractivity contribution in [3.05, 3.63) is 65.7 Å². The highest BCUT2D eigenvalue weighted by Crippen LogP contribution is 2.25. The Morgan fingerprint density at radius 1 is 1.13 bits per heavy atom. The summed E-state index contributed by atoms with van der Waals surface area (Å²) in [4.78, 5) is 18.1. The van der Waals surface area contributed by atoms with Gasteiger partial charge in [0, 0.05) is 26.1 Å². The van der Waals surface area contributed by atoms with Crippen LogP contribution in [0.1, 0.15) is 37.9 Å². The quantitative estimate of drug-likeness (QED) is 0.517. The topological polar surface area (TPSA) is 66.0 Å². The van der Waals surface area contributed by atoms with Crippen LogP contribution in [-0.2, 0) is 10.2 Å². The van der Waals surface area contributed by atoms with Crippen LogP contribution in [0.2, 0.25) is 0 Å². The number of amides is 1. The Morgan fingerprint density at radius 2 is 1.83 bits per heavy atom. The van der Waals surface area contributed by atoms with E-state index in [1.807, 2.05) is 36.4 Å². The number of guanidine groups is 1. The van der Waals surface area contributed by atoms with Gasteiger partial charge < -0.3 is 20.3 Å². The molecular formula is C24H34N4O2. The number of hydrogen-bond acceptors (Lipinski definition) is 3. The Hall–Kier alpha value is -3.02. The Kier molecular flexibility index (Phi) is 8.27. The first kappa shape index (κ1) is 23.3. The van der Waals surface area contributed by atoms with Crippen LogP contribution in [0, 0.1) is 0 Å². The molecule has 0 fully saturated rings. The van der Waals surface area contributed by atoms with Gasteiger partial charge >= 0.3 is 0 Å². The minimum Gasteiger partial charge on any atom is -0.497 e. The highest BCUT2D eigenvalue weighted by atomic mass is 16.5. The largest absolute Gasteiger partial charge is 0.497 e. The van der Waals surface area contributed by atoms with Gasteiger partial charge in [-0.1, -0.05) is 56.3 Å². The van der Waals surface area contributed by atoms with E-state index in [0.717, 1.165) is 16.9 Å². The van der Waals surface area contributed by atoms with E-state index in [0.29, 0.717) is 12.5 Å². The lowest BCUT2D eigenvalue weighted by atomic mass is 9.84. The second-order valence-electron chi connectivity index (χ2n) is 8.20. The summed E-state index contributed by atoms with van der Waals surface area (Å²) in [6, 6.07) is 18.3. The molecule has 0 spiro atoms. The number of rotatable bonds is 8. The first-order valence-electron chi connectivity index (χ1n) is 10.2. The van der Waals surface area contributed by atoms with E-state index in [-0.39, 0.29) is 23.9 Å². The SMILES string of the molecule is COc1cccc(C(C)(C)CNC(=NCC(=O)N(C)C)NC(C)c2ccccc2)c1. The maximum absolute atomic E-state index is 12.0. The van der Waals surface area contributed by atoms with Crippen molar-refractivity contribution in [3.63, 3.8) is 0 Å². The number of carbonyl (C=O) groups excluding carboxylic acids is 1. The first-order chi connectivity index (χ1) is 14.2. The van der Waals surface area contributed by atoms with Gasteiger partial charge in [0.05, 0.1) is 13.2 Å². The number of benzene rings is 2. The summed E-state index contributed by atoms with van der Waals surface area (Å²) in [5.74, 6) is 1.40. The third kappa shape index (κ3) is 6.79. The van der Waals surface area contributed by atoms with Gasteiger partial charge in [0.2, 0.25) is 5.91 Å². The molecule has 30 heavy (non-hydrogen) atoms. The number of likely N-dealkylation sites (N-methyl/N-ethyl adjacent to an activating group) is 1. The van der Waals surface area contributed by atoms with E-state index in [2.05, 4.69) is 54.6 Å². The number of nitrogens with one attached hydrogen (secondary N) is 2. The van der Waals surface area contributed by atoms with Crippen LogP contribution in [0.3, 0.4) is 0 Å². The van der Waals surface area contributed by atoms with Crippen LogP contribution in [0.4, 0.5) is 0 Å². The van der Waals surface area contributed by atoms with Crippen molar-refractivity contribution in [2.45, 2.75) is 32.2 Å². The zero-order valence-electron chi connectivity index (χ0n) is 18.9. The summed E-state index contributed by atoms with van der Waals surface area (Å²) >= 11 is 0. The van der Waals surface area contributed by atoms with Gasteiger partial charge in [-0.15, -0.1) is 0 Å².